The van der Waals surface area contributed by atoms with Crippen LogP contribution >= 0.6 is 0 Å². The topological polar surface area (TPSA) is 86.2 Å². The second kappa shape index (κ2) is 9.48. The van der Waals surface area contributed by atoms with Crippen LogP contribution in [0.5, 0.6) is 0 Å². The van der Waals surface area contributed by atoms with Crippen LogP contribution in [0.15, 0.2) is 152 Å². The van der Waals surface area contributed by atoms with Crippen LogP contribution in [0.3, 0.4) is 0 Å². The van der Waals surface area contributed by atoms with Gasteiger partial charge in [0.1, 0.15) is 28.0 Å². The molecule has 0 aliphatic carbocycles. The average Bonchev–Trinajstić information content (AvgIpc) is 3.75. The highest BCUT2D eigenvalue weighted by Crippen LogP contribution is 2.45. The first kappa shape index (κ1) is 26.2. The highest BCUT2D eigenvalue weighted by molar-refractivity contribution is 7.92. The lowest BCUT2D eigenvalue weighted by Crippen LogP contribution is -1.98. The number of nitrogens with zero attached hydrogens (tertiary/aromatic N) is 2. The second-order valence-corrected chi connectivity index (χ2v) is 13.7. The van der Waals surface area contributed by atoms with Crippen molar-refractivity contribution in [1.82, 2.24) is 9.97 Å². The Morgan fingerprint density at radius 3 is 1.98 bits per heavy atom. The van der Waals surface area contributed by atoms with Gasteiger partial charge in [-0.25, -0.2) is 18.4 Å². The van der Waals surface area contributed by atoms with E-state index >= 15 is 0 Å². The molecule has 0 spiro atoms. The molecule has 6 aromatic carbocycles. The summed E-state index contributed by atoms with van der Waals surface area (Å²) in [5.74, 6) is 0.421. The Bertz CT molecular complexity index is 2870. The molecule has 1 aliphatic heterocycles. The number of benzene rings is 6. The van der Waals surface area contributed by atoms with Crippen molar-refractivity contribution in [3.8, 4) is 44.9 Å². The van der Waals surface area contributed by atoms with Crippen LogP contribution < -0.4 is 0 Å². The maximum atomic E-state index is 13.5. The van der Waals surface area contributed by atoms with Crippen molar-refractivity contribution < 1.29 is 17.3 Å². The molecule has 0 amide bonds. The maximum absolute atomic E-state index is 13.5. The van der Waals surface area contributed by atoms with Crippen LogP contribution in [0, 0.1) is 0 Å². The molecule has 0 saturated heterocycles. The Balaban J connectivity index is 1.19. The molecule has 0 fully saturated rings. The summed E-state index contributed by atoms with van der Waals surface area (Å²) in [7, 11) is -3.67. The molecule has 0 atom stereocenters. The van der Waals surface area contributed by atoms with Gasteiger partial charge in [0.2, 0.25) is 9.84 Å². The van der Waals surface area contributed by atoms with Crippen LogP contribution in [0.25, 0.3) is 88.9 Å². The van der Waals surface area contributed by atoms with E-state index in [2.05, 4.69) is 24.3 Å². The largest absolute Gasteiger partial charge is 0.456 e. The molecule has 1 aliphatic rings. The fourth-order valence-corrected chi connectivity index (χ4v) is 8.51. The van der Waals surface area contributed by atoms with Gasteiger partial charge in [-0.15, -0.1) is 0 Å². The number of para-hydroxylation sites is 1. The Morgan fingerprint density at radius 2 is 1.13 bits per heavy atom. The molecule has 0 saturated carbocycles. The summed E-state index contributed by atoms with van der Waals surface area (Å²) in [4.78, 5) is 10.6. The fraction of sp³-hybridized carbons (Fsp3) is 0. The molecule has 6 nitrogen and oxygen atoms in total. The average molecular weight is 627 g/mol. The highest BCUT2D eigenvalue weighted by Gasteiger charge is 2.33. The third kappa shape index (κ3) is 3.81. The standard InChI is InChI=1S/C40H22N2O4S/c43-47(44)35-13-7-5-11-28(35)29-17-14-26(22-36(29)47)40-41-37(23-8-2-1-3-9-23)39-38(42-40)31-21-25(16-19-34(31)46-39)24-15-18-33-30(20-24)27-10-4-6-12-32(27)45-33/h1-22H. The molecule has 9 aromatic rings. The normalized spacial score (nSPS) is 13.4. The van der Waals surface area contributed by atoms with Crippen molar-refractivity contribution in [2.75, 3.05) is 0 Å². The molecule has 10 rings (SSSR count). The molecule has 47 heavy (non-hydrogen) atoms. The van der Waals surface area contributed by atoms with Crippen LogP contribution in [0.2, 0.25) is 0 Å². The number of furan rings is 2. The predicted octanol–water partition coefficient (Wildman–Crippen LogP) is 10.1. The van der Waals surface area contributed by atoms with E-state index in [0.717, 1.165) is 44.0 Å². The summed E-state index contributed by atoms with van der Waals surface area (Å²) >= 11 is 0. The van der Waals surface area contributed by atoms with E-state index in [4.69, 9.17) is 18.8 Å². The first-order valence-electron chi connectivity index (χ1n) is 15.2. The van der Waals surface area contributed by atoms with Gasteiger partial charge in [-0.3, -0.25) is 0 Å². The zero-order valence-electron chi connectivity index (χ0n) is 24.6. The van der Waals surface area contributed by atoms with E-state index in [1.54, 1.807) is 18.2 Å². The van der Waals surface area contributed by atoms with E-state index in [1.165, 1.54) is 0 Å². The number of fused-ring (bicyclic) bond motifs is 9. The van der Waals surface area contributed by atoms with E-state index in [1.807, 2.05) is 91.0 Å². The molecule has 0 unspecified atom stereocenters. The Morgan fingerprint density at radius 1 is 0.468 bits per heavy atom. The summed E-state index contributed by atoms with van der Waals surface area (Å²) in [6.07, 6.45) is 0. The molecular formula is C40H22N2O4S. The van der Waals surface area contributed by atoms with Crippen molar-refractivity contribution in [2.24, 2.45) is 0 Å². The number of sulfone groups is 1. The van der Waals surface area contributed by atoms with Crippen LogP contribution in [-0.4, -0.2) is 18.4 Å². The fourth-order valence-electron chi connectivity index (χ4n) is 6.80. The van der Waals surface area contributed by atoms with E-state index in [0.29, 0.717) is 49.8 Å². The van der Waals surface area contributed by atoms with Gasteiger partial charge < -0.3 is 8.83 Å². The number of aromatic nitrogens is 2. The zero-order chi connectivity index (χ0) is 31.3. The van der Waals surface area contributed by atoms with Crippen molar-refractivity contribution in [2.45, 2.75) is 9.79 Å². The molecule has 3 aromatic heterocycles. The Kier molecular flexibility index (Phi) is 5.28. The van der Waals surface area contributed by atoms with Gasteiger partial charge in [-0.05, 0) is 53.6 Å². The minimum atomic E-state index is -3.67. The summed E-state index contributed by atoms with van der Waals surface area (Å²) in [5.41, 5.74) is 9.20. The monoisotopic (exact) mass is 626 g/mol. The van der Waals surface area contributed by atoms with Gasteiger partial charge in [-0.2, -0.15) is 0 Å². The highest BCUT2D eigenvalue weighted by atomic mass is 32.2. The number of rotatable bonds is 3. The molecule has 0 N–H and O–H groups in total. The van der Waals surface area contributed by atoms with Gasteiger partial charge in [0.05, 0.1) is 9.79 Å². The molecule has 4 heterocycles. The number of hydrogen-bond donors (Lipinski definition) is 0. The molecular weight excluding hydrogens is 605 g/mol. The summed E-state index contributed by atoms with van der Waals surface area (Å²) in [5, 5.41) is 2.97. The van der Waals surface area contributed by atoms with Gasteiger partial charge in [0.25, 0.3) is 0 Å². The van der Waals surface area contributed by atoms with E-state index in [9.17, 15) is 8.42 Å². The lowest BCUT2D eigenvalue weighted by molar-refractivity contribution is 0.598. The van der Waals surface area contributed by atoms with Crippen LogP contribution in [0.1, 0.15) is 0 Å². The van der Waals surface area contributed by atoms with Crippen molar-refractivity contribution in [1.29, 1.82) is 0 Å². The first-order chi connectivity index (χ1) is 23.0. The maximum Gasteiger partial charge on any atom is 0.207 e. The van der Waals surface area contributed by atoms with Gasteiger partial charge in [-0.1, -0.05) is 91.0 Å². The van der Waals surface area contributed by atoms with Crippen LogP contribution in [0.4, 0.5) is 0 Å². The summed E-state index contributed by atoms with van der Waals surface area (Å²) < 4.78 is 39.6. The smallest absolute Gasteiger partial charge is 0.207 e. The third-order valence-corrected chi connectivity index (χ3v) is 10.9. The zero-order valence-corrected chi connectivity index (χ0v) is 25.5. The van der Waals surface area contributed by atoms with E-state index in [-0.39, 0.29) is 4.90 Å². The summed E-state index contributed by atoms with van der Waals surface area (Å²) in [6.45, 7) is 0. The first-order valence-corrected chi connectivity index (χ1v) is 16.7. The lowest BCUT2D eigenvalue weighted by atomic mass is 10.0. The minimum Gasteiger partial charge on any atom is -0.456 e. The molecule has 7 heteroatoms. The Labute approximate surface area is 268 Å². The van der Waals surface area contributed by atoms with Crippen molar-refractivity contribution >= 4 is 53.8 Å². The second-order valence-electron chi connectivity index (χ2n) is 11.8. The lowest BCUT2D eigenvalue weighted by Gasteiger charge is -2.08. The predicted molar refractivity (Wildman–Crippen MR) is 184 cm³/mol. The van der Waals surface area contributed by atoms with Gasteiger partial charge in [0.15, 0.2) is 11.4 Å². The van der Waals surface area contributed by atoms with Crippen LogP contribution in [-0.2, 0) is 9.84 Å². The minimum absolute atomic E-state index is 0.266. The molecule has 222 valence electrons. The SMILES string of the molecule is O=S1(=O)c2ccccc2-c2ccc(-c3nc(-c4ccccc4)c4oc5ccc(-c6ccc7oc8ccccc8c7c6)cc5c4n3)cc21. The Hall–Kier alpha value is -6.05. The quantitative estimate of drug-likeness (QED) is 0.194. The molecule has 0 radical (unpaired) electrons. The summed E-state index contributed by atoms with van der Waals surface area (Å²) in [6, 6.07) is 42.8. The van der Waals surface area contributed by atoms with E-state index < -0.39 is 9.84 Å². The van der Waals surface area contributed by atoms with Gasteiger partial charge in [0, 0.05) is 38.4 Å². The van der Waals surface area contributed by atoms with Crippen molar-refractivity contribution in [3.63, 3.8) is 0 Å². The molecule has 0 bridgehead atoms. The third-order valence-electron chi connectivity index (χ3n) is 9.07. The van der Waals surface area contributed by atoms with Crippen molar-refractivity contribution in [3.05, 3.63) is 133 Å². The number of hydrogen-bond acceptors (Lipinski definition) is 6. The van der Waals surface area contributed by atoms with Gasteiger partial charge >= 0.3 is 0 Å².